The number of amides is 1. The van der Waals surface area contributed by atoms with Gasteiger partial charge in [0.15, 0.2) is 5.41 Å². The summed E-state index contributed by atoms with van der Waals surface area (Å²) in [5.74, 6) is -0.843. The summed E-state index contributed by atoms with van der Waals surface area (Å²) in [7, 11) is 0. The van der Waals surface area contributed by atoms with E-state index >= 15 is 0 Å². The maximum atomic E-state index is 13.3. The number of hydrogen-bond acceptors (Lipinski definition) is 3. The first-order valence-electron chi connectivity index (χ1n) is 7.75. The van der Waals surface area contributed by atoms with Crippen molar-refractivity contribution in [2.45, 2.75) is 50.4 Å². The van der Waals surface area contributed by atoms with Gasteiger partial charge in [-0.25, -0.2) is 0 Å². The number of carbonyl (C=O) groups is 1. The van der Waals surface area contributed by atoms with Crippen molar-refractivity contribution in [3.05, 3.63) is 0 Å². The number of rotatable bonds is 3. The van der Waals surface area contributed by atoms with Crippen molar-refractivity contribution < 1.29 is 18.0 Å². The smallest absolute Gasteiger partial charge is 0.352 e. The van der Waals surface area contributed by atoms with E-state index in [4.69, 9.17) is 0 Å². The molecule has 0 bridgehead atoms. The first-order chi connectivity index (χ1) is 9.92. The third kappa shape index (κ3) is 2.90. The van der Waals surface area contributed by atoms with E-state index in [-0.39, 0.29) is 25.6 Å². The summed E-state index contributed by atoms with van der Waals surface area (Å²) in [4.78, 5) is 14.6. The van der Waals surface area contributed by atoms with Crippen LogP contribution >= 0.6 is 0 Å². The molecule has 1 aliphatic carbocycles. The lowest BCUT2D eigenvalue weighted by molar-refractivity contribution is -0.216. The van der Waals surface area contributed by atoms with Crippen molar-refractivity contribution in [3.8, 4) is 0 Å². The number of alkyl halides is 3. The van der Waals surface area contributed by atoms with Crippen LogP contribution in [0.15, 0.2) is 0 Å². The largest absolute Gasteiger partial charge is 0.404 e. The maximum Gasteiger partial charge on any atom is 0.404 e. The fourth-order valence-electron chi connectivity index (χ4n) is 3.43. The minimum absolute atomic E-state index is 0.118. The molecule has 2 heterocycles. The van der Waals surface area contributed by atoms with Gasteiger partial charge in [0.1, 0.15) is 0 Å². The molecular weight excluding hydrogens is 283 g/mol. The van der Waals surface area contributed by atoms with Crippen LogP contribution in [0.25, 0.3) is 0 Å². The number of nitrogens with one attached hydrogen (secondary N) is 2. The first kappa shape index (κ1) is 15.1. The van der Waals surface area contributed by atoms with E-state index in [2.05, 4.69) is 15.5 Å². The number of likely N-dealkylation sites (tertiary alicyclic amines) is 1. The highest BCUT2D eigenvalue weighted by molar-refractivity contribution is 5.84. The van der Waals surface area contributed by atoms with Crippen LogP contribution < -0.4 is 10.6 Å². The molecule has 2 aliphatic heterocycles. The summed E-state index contributed by atoms with van der Waals surface area (Å²) in [6.45, 7) is 1.70. The Hall–Kier alpha value is -0.820. The molecule has 120 valence electrons. The highest BCUT2D eigenvalue weighted by atomic mass is 19.4. The number of hydrogen-bond donors (Lipinski definition) is 2. The van der Waals surface area contributed by atoms with Crippen molar-refractivity contribution in [2.24, 2.45) is 5.41 Å². The molecule has 7 heteroatoms. The monoisotopic (exact) mass is 305 g/mol. The van der Waals surface area contributed by atoms with E-state index in [0.29, 0.717) is 6.04 Å². The number of piperidine rings is 1. The molecule has 1 unspecified atom stereocenters. The van der Waals surface area contributed by atoms with E-state index in [1.807, 2.05) is 0 Å². The molecule has 3 aliphatic rings. The van der Waals surface area contributed by atoms with Gasteiger partial charge in [-0.1, -0.05) is 0 Å². The quantitative estimate of drug-likeness (QED) is 0.825. The lowest BCUT2D eigenvalue weighted by Crippen LogP contribution is -2.56. The van der Waals surface area contributed by atoms with E-state index in [9.17, 15) is 18.0 Å². The Bertz CT molecular complexity index is 395. The average Bonchev–Trinajstić information content (AvgIpc) is 3.14. The second-order valence-electron chi connectivity index (χ2n) is 6.52. The van der Waals surface area contributed by atoms with Gasteiger partial charge in [-0.2, -0.15) is 13.2 Å². The Kier molecular flexibility index (Phi) is 3.90. The third-order valence-corrected chi connectivity index (χ3v) is 5.06. The van der Waals surface area contributed by atoms with Gasteiger partial charge in [-0.3, -0.25) is 4.79 Å². The molecule has 0 spiro atoms. The predicted octanol–water partition coefficient (Wildman–Crippen LogP) is 1.27. The molecule has 3 rings (SSSR count). The lowest BCUT2D eigenvalue weighted by atomic mass is 9.84. The zero-order valence-electron chi connectivity index (χ0n) is 12.0. The van der Waals surface area contributed by atoms with Crippen LogP contribution in [0, 0.1) is 5.41 Å². The van der Waals surface area contributed by atoms with Crippen LogP contribution in [0.3, 0.4) is 0 Å². The van der Waals surface area contributed by atoms with Crippen LogP contribution in [0.1, 0.15) is 32.1 Å². The third-order valence-electron chi connectivity index (χ3n) is 5.06. The molecule has 0 aromatic rings. The Morgan fingerprint density at radius 2 is 1.86 bits per heavy atom. The molecular formula is C14H22F3N3O. The summed E-state index contributed by atoms with van der Waals surface area (Å²) in [5.41, 5.74) is -2.24. The molecule has 4 nitrogen and oxygen atoms in total. The minimum atomic E-state index is -4.49. The maximum absolute atomic E-state index is 13.3. The Labute approximate surface area is 122 Å². The normalized spacial score (nSPS) is 32.3. The number of halogens is 3. The van der Waals surface area contributed by atoms with E-state index in [1.54, 1.807) is 0 Å². The fraction of sp³-hybridized carbons (Fsp3) is 0.929. The molecule has 1 atom stereocenters. The van der Waals surface area contributed by atoms with Crippen LogP contribution in [0.4, 0.5) is 13.2 Å². The van der Waals surface area contributed by atoms with Crippen LogP contribution in [0.5, 0.6) is 0 Å². The summed E-state index contributed by atoms with van der Waals surface area (Å²) in [6, 6.07) is 0.564. The van der Waals surface area contributed by atoms with Crippen molar-refractivity contribution in [3.63, 3.8) is 0 Å². The predicted molar refractivity (Wildman–Crippen MR) is 71.7 cm³/mol. The number of nitrogens with zero attached hydrogens (tertiary/aromatic N) is 1. The Morgan fingerprint density at radius 1 is 1.19 bits per heavy atom. The van der Waals surface area contributed by atoms with Crippen molar-refractivity contribution >= 4 is 5.91 Å². The van der Waals surface area contributed by atoms with Crippen molar-refractivity contribution in [2.75, 3.05) is 26.2 Å². The van der Waals surface area contributed by atoms with Gasteiger partial charge >= 0.3 is 6.18 Å². The molecule has 0 aromatic carbocycles. The highest BCUT2D eigenvalue weighted by Gasteiger charge is 2.61. The Balaban J connectivity index is 1.57. The van der Waals surface area contributed by atoms with Gasteiger partial charge in [0.2, 0.25) is 5.91 Å². The highest BCUT2D eigenvalue weighted by Crippen LogP contribution is 2.43. The van der Waals surface area contributed by atoms with Crippen molar-refractivity contribution in [1.82, 2.24) is 15.5 Å². The first-order valence-corrected chi connectivity index (χ1v) is 7.75. The molecule has 0 aromatic heterocycles. The molecule has 2 saturated heterocycles. The standard InChI is InChI=1S/C14H22F3N3O/c15-14(16,17)13(5-6-18-9-13)12(21)19-10-3-7-20(8-4-10)11-1-2-11/h10-11,18H,1-9H2,(H,19,21). The van der Waals surface area contributed by atoms with Gasteiger partial charge in [0.05, 0.1) is 0 Å². The van der Waals surface area contributed by atoms with Gasteiger partial charge < -0.3 is 15.5 Å². The molecule has 0 radical (unpaired) electrons. The zero-order valence-corrected chi connectivity index (χ0v) is 12.0. The van der Waals surface area contributed by atoms with E-state index < -0.39 is 17.5 Å². The number of carbonyl (C=O) groups excluding carboxylic acids is 1. The Morgan fingerprint density at radius 3 is 2.33 bits per heavy atom. The van der Waals surface area contributed by atoms with E-state index in [0.717, 1.165) is 25.9 Å². The summed E-state index contributed by atoms with van der Waals surface area (Å²) < 4.78 is 39.9. The summed E-state index contributed by atoms with van der Waals surface area (Å²) in [6.07, 6.45) is -0.675. The van der Waals surface area contributed by atoms with Gasteiger partial charge in [-0.05, 0) is 38.6 Å². The van der Waals surface area contributed by atoms with Crippen LogP contribution in [0.2, 0.25) is 0 Å². The molecule has 21 heavy (non-hydrogen) atoms. The van der Waals surface area contributed by atoms with Crippen LogP contribution in [-0.4, -0.2) is 55.2 Å². The van der Waals surface area contributed by atoms with Gasteiger partial charge in [-0.15, -0.1) is 0 Å². The second-order valence-corrected chi connectivity index (χ2v) is 6.52. The average molecular weight is 305 g/mol. The SMILES string of the molecule is O=C(NC1CCN(C2CC2)CC1)C1(C(F)(F)F)CCNC1. The van der Waals surface area contributed by atoms with Crippen LogP contribution in [-0.2, 0) is 4.79 Å². The molecule has 3 fully saturated rings. The summed E-state index contributed by atoms with van der Waals surface area (Å²) in [5, 5.41) is 5.34. The molecule has 2 N–H and O–H groups in total. The molecule has 1 amide bonds. The van der Waals surface area contributed by atoms with Crippen molar-refractivity contribution in [1.29, 1.82) is 0 Å². The van der Waals surface area contributed by atoms with Gasteiger partial charge in [0, 0.05) is 31.7 Å². The van der Waals surface area contributed by atoms with E-state index in [1.165, 1.54) is 12.8 Å². The summed E-state index contributed by atoms with van der Waals surface area (Å²) >= 11 is 0. The topological polar surface area (TPSA) is 44.4 Å². The fourth-order valence-corrected chi connectivity index (χ4v) is 3.43. The second kappa shape index (κ2) is 5.43. The van der Waals surface area contributed by atoms with Gasteiger partial charge in [0.25, 0.3) is 0 Å². The molecule has 1 saturated carbocycles. The lowest BCUT2D eigenvalue weighted by Gasteiger charge is -2.35. The zero-order chi connectivity index (χ0) is 15.1. The minimum Gasteiger partial charge on any atom is -0.352 e.